The zero-order valence-electron chi connectivity index (χ0n) is 11.8. The first-order valence-corrected chi connectivity index (χ1v) is 6.33. The van der Waals surface area contributed by atoms with Crippen molar-refractivity contribution >= 4 is 11.9 Å². The zero-order chi connectivity index (χ0) is 14.5. The minimum absolute atomic E-state index is 0.0997. The van der Waals surface area contributed by atoms with Crippen LogP contribution in [0, 0.1) is 13.8 Å². The Balaban J connectivity index is 2.06. The molecule has 0 amide bonds. The molecule has 0 saturated heterocycles. The van der Waals surface area contributed by atoms with Crippen molar-refractivity contribution in [2.75, 3.05) is 12.5 Å². The van der Waals surface area contributed by atoms with E-state index < -0.39 is 0 Å². The summed E-state index contributed by atoms with van der Waals surface area (Å²) in [6.45, 7) is 4.13. The Kier molecular flexibility index (Phi) is 4.25. The lowest BCUT2D eigenvalue weighted by Crippen LogP contribution is -1.92. The molecule has 0 aromatic heterocycles. The van der Waals surface area contributed by atoms with Gasteiger partial charge in [0.25, 0.3) is 0 Å². The molecule has 0 aliphatic rings. The van der Waals surface area contributed by atoms with E-state index in [1.54, 1.807) is 18.3 Å². The zero-order valence-corrected chi connectivity index (χ0v) is 11.8. The SMILES string of the molecule is COc1ccc(C=NNc2ccc(C)c(C)c2)cc1O. The van der Waals surface area contributed by atoms with Crippen LogP contribution in [0.4, 0.5) is 5.69 Å². The van der Waals surface area contributed by atoms with Gasteiger partial charge in [-0.2, -0.15) is 5.10 Å². The molecule has 2 rings (SSSR count). The number of hydrogen-bond acceptors (Lipinski definition) is 4. The van der Waals surface area contributed by atoms with Crippen LogP contribution in [0.15, 0.2) is 41.5 Å². The van der Waals surface area contributed by atoms with E-state index in [-0.39, 0.29) is 5.75 Å². The van der Waals surface area contributed by atoms with Crippen molar-refractivity contribution in [2.24, 2.45) is 5.10 Å². The predicted molar refractivity (Wildman–Crippen MR) is 81.8 cm³/mol. The number of aryl methyl sites for hydroxylation is 2. The molecule has 0 radical (unpaired) electrons. The van der Waals surface area contributed by atoms with Gasteiger partial charge in [0.2, 0.25) is 0 Å². The first-order chi connectivity index (χ1) is 9.60. The molecule has 20 heavy (non-hydrogen) atoms. The third-order valence-corrected chi connectivity index (χ3v) is 3.12. The number of hydrogen-bond donors (Lipinski definition) is 2. The predicted octanol–water partition coefficient (Wildman–Crippen LogP) is 3.46. The second-order valence-electron chi connectivity index (χ2n) is 4.60. The Morgan fingerprint density at radius 2 is 1.90 bits per heavy atom. The van der Waals surface area contributed by atoms with Gasteiger partial charge in [0, 0.05) is 0 Å². The van der Waals surface area contributed by atoms with Gasteiger partial charge in [0.15, 0.2) is 11.5 Å². The Morgan fingerprint density at radius 3 is 2.55 bits per heavy atom. The molecule has 0 aliphatic carbocycles. The Labute approximate surface area is 118 Å². The van der Waals surface area contributed by atoms with Crippen LogP contribution in [-0.4, -0.2) is 18.4 Å². The van der Waals surface area contributed by atoms with E-state index in [0.29, 0.717) is 5.75 Å². The summed E-state index contributed by atoms with van der Waals surface area (Å²) in [5, 5.41) is 13.8. The highest BCUT2D eigenvalue weighted by Crippen LogP contribution is 2.25. The van der Waals surface area contributed by atoms with Crippen LogP contribution in [0.5, 0.6) is 11.5 Å². The van der Waals surface area contributed by atoms with Crippen molar-refractivity contribution in [1.29, 1.82) is 0 Å². The van der Waals surface area contributed by atoms with E-state index in [0.717, 1.165) is 11.3 Å². The molecular weight excluding hydrogens is 252 g/mol. The molecule has 2 aromatic carbocycles. The van der Waals surface area contributed by atoms with Gasteiger partial charge in [-0.15, -0.1) is 0 Å². The quantitative estimate of drug-likeness (QED) is 0.660. The fourth-order valence-corrected chi connectivity index (χ4v) is 1.78. The van der Waals surface area contributed by atoms with E-state index in [1.165, 1.54) is 18.2 Å². The van der Waals surface area contributed by atoms with Gasteiger partial charge in [-0.3, -0.25) is 5.43 Å². The minimum atomic E-state index is 0.0997. The second-order valence-corrected chi connectivity index (χ2v) is 4.60. The van der Waals surface area contributed by atoms with Crippen molar-refractivity contribution in [3.05, 3.63) is 53.1 Å². The van der Waals surface area contributed by atoms with Crippen LogP contribution in [0.1, 0.15) is 16.7 Å². The summed E-state index contributed by atoms with van der Waals surface area (Å²) in [7, 11) is 1.52. The summed E-state index contributed by atoms with van der Waals surface area (Å²) in [4.78, 5) is 0. The largest absolute Gasteiger partial charge is 0.504 e. The maximum absolute atomic E-state index is 9.67. The highest BCUT2D eigenvalue weighted by atomic mass is 16.5. The number of phenols is 1. The van der Waals surface area contributed by atoms with Gasteiger partial charge in [-0.1, -0.05) is 6.07 Å². The molecule has 4 nitrogen and oxygen atoms in total. The number of ether oxygens (including phenoxy) is 1. The third kappa shape index (κ3) is 3.29. The van der Waals surface area contributed by atoms with Crippen molar-refractivity contribution in [2.45, 2.75) is 13.8 Å². The van der Waals surface area contributed by atoms with Gasteiger partial charge >= 0.3 is 0 Å². The highest BCUT2D eigenvalue weighted by Gasteiger charge is 2.00. The van der Waals surface area contributed by atoms with E-state index in [4.69, 9.17) is 4.74 Å². The van der Waals surface area contributed by atoms with Crippen LogP contribution in [0.3, 0.4) is 0 Å². The summed E-state index contributed by atoms with van der Waals surface area (Å²) in [5.41, 5.74) is 7.15. The number of aromatic hydroxyl groups is 1. The van der Waals surface area contributed by atoms with Gasteiger partial charge in [0.05, 0.1) is 19.0 Å². The number of anilines is 1. The van der Waals surface area contributed by atoms with Crippen molar-refractivity contribution in [3.8, 4) is 11.5 Å². The van der Waals surface area contributed by atoms with Crippen molar-refractivity contribution in [1.82, 2.24) is 0 Å². The smallest absolute Gasteiger partial charge is 0.160 e. The molecule has 4 heteroatoms. The number of nitrogens with one attached hydrogen (secondary N) is 1. The molecule has 0 bridgehead atoms. The average molecular weight is 270 g/mol. The summed E-state index contributed by atoms with van der Waals surface area (Å²) >= 11 is 0. The number of rotatable bonds is 4. The summed E-state index contributed by atoms with van der Waals surface area (Å²) in [5.74, 6) is 0.548. The van der Waals surface area contributed by atoms with Crippen LogP contribution >= 0.6 is 0 Å². The fraction of sp³-hybridized carbons (Fsp3) is 0.188. The average Bonchev–Trinajstić information content (AvgIpc) is 2.43. The maximum atomic E-state index is 9.67. The normalized spacial score (nSPS) is 10.8. The van der Waals surface area contributed by atoms with Gasteiger partial charge in [0.1, 0.15) is 0 Å². The van der Waals surface area contributed by atoms with Crippen LogP contribution < -0.4 is 10.2 Å². The summed E-state index contributed by atoms with van der Waals surface area (Å²) in [6, 6.07) is 11.2. The lowest BCUT2D eigenvalue weighted by Gasteiger charge is -2.05. The van der Waals surface area contributed by atoms with Gasteiger partial charge in [-0.25, -0.2) is 0 Å². The van der Waals surface area contributed by atoms with Crippen LogP contribution in [0.25, 0.3) is 0 Å². The summed E-state index contributed by atoms with van der Waals surface area (Å²) in [6.07, 6.45) is 1.65. The molecule has 0 atom stereocenters. The monoisotopic (exact) mass is 270 g/mol. The van der Waals surface area contributed by atoms with Crippen molar-refractivity contribution < 1.29 is 9.84 Å². The molecule has 0 fully saturated rings. The standard InChI is InChI=1S/C16H18N2O2/c1-11-4-6-14(8-12(11)2)18-17-10-13-5-7-16(20-3)15(19)9-13/h4-10,18-19H,1-3H3. The molecule has 2 aromatic rings. The number of methoxy groups -OCH3 is 1. The summed E-state index contributed by atoms with van der Waals surface area (Å²) < 4.78 is 4.99. The van der Waals surface area contributed by atoms with Crippen molar-refractivity contribution in [3.63, 3.8) is 0 Å². The van der Waals surface area contributed by atoms with Gasteiger partial charge in [-0.05, 0) is 60.9 Å². The molecule has 0 saturated carbocycles. The number of phenolic OH excluding ortho intramolecular Hbond substituents is 1. The lowest BCUT2D eigenvalue weighted by molar-refractivity contribution is 0.373. The maximum Gasteiger partial charge on any atom is 0.160 e. The highest BCUT2D eigenvalue weighted by molar-refractivity contribution is 5.81. The van der Waals surface area contributed by atoms with E-state index in [9.17, 15) is 5.11 Å². The van der Waals surface area contributed by atoms with E-state index in [1.807, 2.05) is 24.3 Å². The van der Waals surface area contributed by atoms with Gasteiger partial charge < -0.3 is 9.84 Å². The molecular formula is C16H18N2O2. The molecule has 0 heterocycles. The Hall–Kier alpha value is -2.49. The molecule has 2 N–H and O–H groups in total. The Morgan fingerprint density at radius 1 is 1.10 bits per heavy atom. The minimum Gasteiger partial charge on any atom is -0.504 e. The number of benzene rings is 2. The molecule has 0 aliphatic heterocycles. The topological polar surface area (TPSA) is 53.8 Å². The first-order valence-electron chi connectivity index (χ1n) is 6.33. The molecule has 0 spiro atoms. The third-order valence-electron chi connectivity index (χ3n) is 3.12. The Bertz CT molecular complexity index is 636. The van der Waals surface area contributed by atoms with Crippen LogP contribution in [-0.2, 0) is 0 Å². The second kappa shape index (κ2) is 6.10. The van der Waals surface area contributed by atoms with Crippen LogP contribution in [0.2, 0.25) is 0 Å². The number of hydrazone groups is 1. The molecule has 104 valence electrons. The lowest BCUT2D eigenvalue weighted by atomic mass is 10.1. The molecule has 0 unspecified atom stereocenters. The number of nitrogens with zero attached hydrogens (tertiary/aromatic N) is 1. The van der Waals surface area contributed by atoms with E-state index >= 15 is 0 Å². The fourth-order valence-electron chi connectivity index (χ4n) is 1.78. The van der Waals surface area contributed by atoms with E-state index in [2.05, 4.69) is 24.4 Å². The first kappa shape index (κ1) is 13.9.